The zero-order chi connectivity index (χ0) is 9.84. The second kappa shape index (κ2) is 4.63. The first kappa shape index (κ1) is 10.5. The fourth-order valence-electron chi connectivity index (χ4n) is 0.969. The monoisotopic (exact) mass is 260 g/mol. The third-order valence-electron chi connectivity index (χ3n) is 1.51. The molecule has 1 N–H and O–H groups in total. The Hall–Kier alpha value is -0.540. The van der Waals surface area contributed by atoms with Gasteiger partial charge in [-0.1, -0.05) is 41.4 Å². The number of aromatic amines is 1. The molecule has 0 aliphatic carbocycles. The van der Waals surface area contributed by atoms with Crippen LogP contribution in [-0.2, 0) is 0 Å². The third-order valence-corrected chi connectivity index (χ3v) is 2.52. The van der Waals surface area contributed by atoms with Crippen molar-refractivity contribution < 1.29 is 0 Å². The predicted molar refractivity (Wildman–Crippen MR) is 60.2 cm³/mol. The third kappa shape index (κ3) is 2.03. The van der Waals surface area contributed by atoms with Crippen LogP contribution in [0.4, 0.5) is 0 Å². The van der Waals surface area contributed by atoms with Gasteiger partial charge in [-0.25, -0.2) is 0 Å². The van der Waals surface area contributed by atoms with Crippen LogP contribution >= 0.6 is 27.5 Å². The summed E-state index contributed by atoms with van der Waals surface area (Å²) >= 11 is 9.27. The van der Waals surface area contributed by atoms with Crippen LogP contribution in [0.25, 0.3) is 10.9 Å². The summed E-state index contributed by atoms with van der Waals surface area (Å²) < 4.78 is 1.01. The van der Waals surface area contributed by atoms with Crippen LogP contribution in [0.15, 0.2) is 22.8 Å². The van der Waals surface area contributed by atoms with Crippen LogP contribution in [0.3, 0.4) is 0 Å². The van der Waals surface area contributed by atoms with E-state index in [1.165, 1.54) is 0 Å². The molecule has 0 saturated heterocycles. The van der Waals surface area contributed by atoms with Crippen molar-refractivity contribution in [2.45, 2.75) is 13.8 Å². The minimum atomic E-state index is 0.695. The molecule has 0 saturated carbocycles. The fraction of sp³-hybridized carbons (Fsp3) is 0.222. The first-order chi connectivity index (χ1) is 6.29. The summed E-state index contributed by atoms with van der Waals surface area (Å²) in [6.07, 6.45) is 1.74. The van der Waals surface area contributed by atoms with Gasteiger partial charge in [-0.15, -0.1) is 0 Å². The molecule has 4 heteroatoms. The zero-order valence-corrected chi connectivity index (χ0v) is 9.78. The largest absolute Gasteiger partial charge is 0.276 e. The molecule has 0 amide bonds. The van der Waals surface area contributed by atoms with Crippen molar-refractivity contribution in [2.75, 3.05) is 0 Å². The van der Waals surface area contributed by atoms with Crippen LogP contribution in [0.5, 0.6) is 0 Å². The van der Waals surface area contributed by atoms with E-state index in [1.54, 1.807) is 6.20 Å². The number of nitrogens with one attached hydrogen (secondary N) is 1. The van der Waals surface area contributed by atoms with Crippen molar-refractivity contribution in [3.8, 4) is 0 Å². The SMILES string of the molecule is CC.Clc1ccc(Br)c2cn[nH]c12. The Labute approximate surface area is 90.4 Å². The molecular weight excluding hydrogens is 251 g/mol. The van der Waals surface area contributed by atoms with E-state index in [-0.39, 0.29) is 0 Å². The highest BCUT2D eigenvalue weighted by molar-refractivity contribution is 9.10. The van der Waals surface area contributed by atoms with Gasteiger partial charge in [0.25, 0.3) is 0 Å². The summed E-state index contributed by atoms with van der Waals surface area (Å²) in [5.74, 6) is 0. The van der Waals surface area contributed by atoms with Gasteiger partial charge >= 0.3 is 0 Å². The van der Waals surface area contributed by atoms with Gasteiger partial charge in [0.1, 0.15) is 0 Å². The van der Waals surface area contributed by atoms with Crippen molar-refractivity contribution >= 4 is 38.4 Å². The average Bonchev–Trinajstić information content (AvgIpc) is 2.64. The van der Waals surface area contributed by atoms with Crippen molar-refractivity contribution in [2.24, 2.45) is 0 Å². The maximum absolute atomic E-state index is 5.88. The number of aromatic nitrogens is 2. The number of hydrogen-bond donors (Lipinski definition) is 1. The zero-order valence-electron chi connectivity index (χ0n) is 7.44. The molecule has 0 radical (unpaired) electrons. The first-order valence-electron chi connectivity index (χ1n) is 4.06. The molecule has 0 atom stereocenters. The smallest absolute Gasteiger partial charge is 0.0847 e. The van der Waals surface area contributed by atoms with E-state index in [0.717, 1.165) is 15.4 Å². The van der Waals surface area contributed by atoms with E-state index in [2.05, 4.69) is 26.1 Å². The fourth-order valence-corrected chi connectivity index (χ4v) is 1.61. The summed E-state index contributed by atoms with van der Waals surface area (Å²) in [6.45, 7) is 4.00. The highest BCUT2D eigenvalue weighted by Crippen LogP contribution is 2.27. The molecule has 0 fully saturated rings. The second-order valence-electron chi connectivity index (χ2n) is 2.19. The minimum Gasteiger partial charge on any atom is -0.276 e. The number of H-pyrrole nitrogens is 1. The number of hydrogen-bond acceptors (Lipinski definition) is 1. The summed E-state index contributed by atoms with van der Waals surface area (Å²) in [6, 6.07) is 3.73. The Bertz CT molecular complexity index is 361. The van der Waals surface area contributed by atoms with Gasteiger partial charge in [0.05, 0.1) is 16.7 Å². The van der Waals surface area contributed by atoms with E-state index >= 15 is 0 Å². The number of benzene rings is 1. The van der Waals surface area contributed by atoms with E-state index in [0.29, 0.717) is 5.02 Å². The van der Waals surface area contributed by atoms with Gasteiger partial charge in [0.15, 0.2) is 0 Å². The van der Waals surface area contributed by atoms with E-state index in [9.17, 15) is 0 Å². The van der Waals surface area contributed by atoms with Crippen molar-refractivity contribution in [1.82, 2.24) is 10.2 Å². The quantitative estimate of drug-likeness (QED) is 0.763. The molecule has 0 aliphatic heterocycles. The van der Waals surface area contributed by atoms with E-state index in [1.807, 2.05) is 26.0 Å². The van der Waals surface area contributed by atoms with Gasteiger partial charge in [-0.2, -0.15) is 5.10 Å². The number of nitrogens with zero attached hydrogens (tertiary/aromatic N) is 1. The van der Waals surface area contributed by atoms with Crippen LogP contribution in [0.2, 0.25) is 5.02 Å². The standard InChI is InChI=1S/C7H4BrClN2.C2H6/c8-5-1-2-6(9)7-4(5)3-10-11-7;1-2/h1-3H,(H,10,11);1-2H3. The molecule has 0 aliphatic rings. The molecule has 1 aromatic heterocycles. The van der Waals surface area contributed by atoms with Gasteiger partial charge in [-0.3, -0.25) is 5.10 Å². The van der Waals surface area contributed by atoms with Crippen LogP contribution in [-0.4, -0.2) is 10.2 Å². The Morgan fingerprint density at radius 2 is 2.08 bits per heavy atom. The molecule has 0 unspecified atom stereocenters. The topological polar surface area (TPSA) is 28.7 Å². The average molecular weight is 262 g/mol. The Kier molecular flexibility index (Phi) is 3.75. The molecule has 1 heterocycles. The lowest BCUT2D eigenvalue weighted by atomic mass is 10.3. The van der Waals surface area contributed by atoms with Gasteiger partial charge in [-0.05, 0) is 12.1 Å². The Morgan fingerprint density at radius 3 is 2.69 bits per heavy atom. The maximum atomic E-state index is 5.88. The lowest BCUT2D eigenvalue weighted by molar-refractivity contribution is 1.12. The Morgan fingerprint density at radius 1 is 1.38 bits per heavy atom. The van der Waals surface area contributed by atoms with Gasteiger partial charge < -0.3 is 0 Å². The maximum Gasteiger partial charge on any atom is 0.0847 e. The highest BCUT2D eigenvalue weighted by Gasteiger charge is 2.02. The Balaban J connectivity index is 0.000000396. The molecule has 13 heavy (non-hydrogen) atoms. The predicted octanol–water partition coefficient (Wildman–Crippen LogP) is 4.01. The van der Waals surface area contributed by atoms with E-state index < -0.39 is 0 Å². The molecule has 1 aromatic carbocycles. The van der Waals surface area contributed by atoms with Crippen molar-refractivity contribution in [3.05, 3.63) is 27.8 Å². The lowest BCUT2D eigenvalue weighted by Crippen LogP contribution is -1.71. The number of rotatable bonds is 0. The van der Waals surface area contributed by atoms with Crippen molar-refractivity contribution in [3.63, 3.8) is 0 Å². The molecule has 2 nitrogen and oxygen atoms in total. The molecule has 0 bridgehead atoms. The second-order valence-corrected chi connectivity index (χ2v) is 3.45. The van der Waals surface area contributed by atoms with Crippen molar-refractivity contribution in [1.29, 1.82) is 0 Å². The first-order valence-corrected chi connectivity index (χ1v) is 5.23. The van der Waals surface area contributed by atoms with Gasteiger partial charge in [0, 0.05) is 9.86 Å². The normalized spacial score (nSPS) is 9.54. The number of halogens is 2. The van der Waals surface area contributed by atoms with E-state index in [4.69, 9.17) is 11.6 Å². The molecule has 0 spiro atoms. The van der Waals surface area contributed by atoms with Gasteiger partial charge in [0.2, 0.25) is 0 Å². The lowest BCUT2D eigenvalue weighted by Gasteiger charge is -1.93. The van der Waals surface area contributed by atoms with Crippen LogP contribution < -0.4 is 0 Å². The molecular formula is C9H10BrClN2. The molecule has 2 aromatic rings. The summed E-state index contributed by atoms with van der Waals surface area (Å²) in [5.41, 5.74) is 0.876. The summed E-state index contributed by atoms with van der Waals surface area (Å²) in [7, 11) is 0. The van der Waals surface area contributed by atoms with Crippen LogP contribution in [0.1, 0.15) is 13.8 Å². The summed E-state index contributed by atoms with van der Waals surface area (Å²) in [4.78, 5) is 0. The molecule has 70 valence electrons. The summed E-state index contributed by atoms with van der Waals surface area (Å²) in [5, 5.41) is 8.41. The number of fused-ring (bicyclic) bond motifs is 1. The van der Waals surface area contributed by atoms with Crippen LogP contribution in [0, 0.1) is 0 Å². The minimum absolute atomic E-state index is 0.695. The molecule has 2 rings (SSSR count). The highest BCUT2D eigenvalue weighted by atomic mass is 79.9.